The van der Waals surface area contributed by atoms with Gasteiger partial charge in [0, 0.05) is 17.2 Å². The lowest BCUT2D eigenvalue weighted by Crippen LogP contribution is -2.08. The van der Waals surface area contributed by atoms with Crippen LogP contribution in [0.15, 0.2) is 42.5 Å². The summed E-state index contributed by atoms with van der Waals surface area (Å²) in [4.78, 5) is 10.1. The number of hydrogen-bond donors (Lipinski definition) is 0. The highest BCUT2D eigenvalue weighted by Crippen LogP contribution is 2.25. The molecule has 116 valence electrons. The number of rotatable bonds is 5. The van der Waals surface area contributed by atoms with Crippen molar-refractivity contribution in [1.82, 2.24) is 0 Å². The molecule has 0 unspecified atom stereocenters. The third-order valence-electron chi connectivity index (χ3n) is 2.92. The SMILES string of the molecule is O=[N+]([O-])c1ccc(CS(=O)(=O)Cc2ccc(Cl)cc2)c(Cl)c1. The summed E-state index contributed by atoms with van der Waals surface area (Å²) in [7, 11) is -3.45. The summed E-state index contributed by atoms with van der Waals surface area (Å²) in [5, 5.41) is 11.2. The van der Waals surface area contributed by atoms with E-state index in [0.717, 1.165) is 6.07 Å². The summed E-state index contributed by atoms with van der Waals surface area (Å²) in [6.45, 7) is 0. The molecule has 2 aromatic carbocycles. The first-order chi connectivity index (χ1) is 10.3. The van der Waals surface area contributed by atoms with Crippen LogP contribution in [0.1, 0.15) is 11.1 Å². The highest BCUT2D eigenvalue weighted by Gasteiger charge is 2.17. The van der Waals surface area contributed by atoms with Crippen molar-refractivity contribution in [3.8, 4) is 0 Å². The van der Waals surface area contributed by atoms with E-state index in [1.165, 1.54) is 12.1 Å². The Morgan fingerprint density at radius 1 is 1.00 bits per heavy atom. The monoisotopic (exact) mass is 359 g/mol. The van der Waals surface area contributed by atoms with Gasteiger partial charge in [0.1, 0.15) is 0 Å². The van der Waals surface area contributed by atoms with E-state index in [1.807, 2.05) is 0 Å². The molecule has 0 atom stereocenters. The van der Waals surface area contributed by atoms with E-state index >= 15 is 0 Å². The molecule has 0 fully saturated rings. The number of sulfone groups is 1. The summed E-state index contributed by atoms with van der Waals surface area (Å²) in [5.41, 5.74) is 0.771. The van der Waals surface area contributed by atoms with Gasteiger partial charge in [-0.3, -0.25) is 10.1 Å². The summed E-state index contributed by atoms with van der Waals surface area (Å²) < 4.78 is 24.4. The van der Waals surface area contributed by atoms with Gasteiger partial charge in [-0.2, -0.15) is 0 Å². The van der Waals surface area contributed by atoms with Gasteiger partial charge >= 0.3 is 0 Å². The zero-order chi connectivity index (χ0) is 16.3. The molecule has 0 bridgehead atoms. The number of nitro groups is 1. The molecule has 2 aromatic rings. The van der Waals surface area contributed by atoms with Crippen LogP contribution in [0.4, 0.5) is 5.69 Å². The number of benzene rings is 2. The molecule has 0 aliphatic carbocycles. The van der Waals surface area contributed by atoms with Crippen molar-refractivity contribution >= 4 is 38.7 Å². The topological polar surface area (TPSA) is 77.3 Å². The first-order valence-corrected chi connectivity index (χ1v) is 8.72. The van der Waals surface area contributed by atoms with Crippen molar-refractivity contribution in [2.24, 2.45) is 0 Å². The van der Waals surface area contributed by atoms with Gasteiger partial charge in [0.2, 0.25) is 0 Å². The average molecular weight is 360 g/mol. The van der Waals surface area contributed by atoms with E-state index in [0.29, 0.717) is 16.1 Å². The molecule has 0 aliphatic heterocycles. The number of halogens is 2. The summed E-state index contributed by atoms with van der Waals surface area (Å²) in [6, 6.07) is 10.2. The fraction of sp³-hybridized carbons (Fsp3) is 0.143. The second kappa shape index (κ2) is 6.64. The van der Waals surface area contributed by atoms with Crippen molar-refractivity contribution in [3.05, 3.63) is 73.8 Å². The molecule has 0 saturated heterocycles. The summed E-state index contributed by atoms with van der Waals surface area (Å²) in [5.74, 6) is -0.441. The highest BCUT2D eigenvalue weighted by molar-refractivity contribution is 7.89. The zero-order valence-corrected chi connectivity index (χ0v) is 13.5. The van der Waals surface area contributed by atoms with Crippen LogP contribution in [0, 0.1) is 10.1 Å². The van der Waals surface area contributed by atoms with Gasteiger partial charge in [0.05, 0.1) is 21.5 Å². The van der Waals surface area contributed by atoms with Crippen molar-refractivity contribution in [2.45, 2.75) is 11.5 Å². The molecule has 0 saturated carbocycles. The van der Waals surface area contributed by atoms with Crippen LogP contribution >= 0.6 is 23.2 Å². The highest BCUT2D eigenvalue weighted by atomic mass is 35.5. The van der Waals surface area contributed by atoms with Crippen LogP contribution in [0.2, 0.25) is 10.0 Å². The lowest BCUT2D eigenvalue weighted by atomic mass is 10.2. The van der Waals surface area contributed by atoms with Gasteiger partial charge in [0.15, 0.2) is 9.84 Å². The quantitative estimate of drug-likeness (QED) is 0.596. The lowest BCUT2D eigenvalue weighted by Gasteiger charge is -2.07. The molecule has 0 aliphatic rings. The number of nitro benzene ring substituents is 1. The Labute approximate surface area is 137 Å². The molecule has 22 heavy (non-hydrogen) atoms. The second-order valence-corrected chi connectivity index (χ2v) is 7.60. The van der Waals surface area contributed by atoms with Crippen molar-refractivity contribution in [1.29, 1.82) is 0 Å². The first kappa shape index (κ1) is 16.7. The fourth-order valence-corrected chi connectivity index (χ4v) is 3.86. The van der Waals surface area contributed by atoms with Crippen LogP contribution in [0.3, 0.4) is 0 Å². The van der Waals surface area contributed by atoms with E-state index in [2.05, 4.69) is 0 Å². The molecular formula is C14H11Cl2NO4S. The van der Waals surface area contributed by atoms with Gasteiger partial charge in [-0.25, -0.2) is 8.42 Å². The Morgan fingerprint density at radius 3 is 2.18 bits per heavy atom. The Hall–Kier alpha value is -1.63. The van der Waals surface area contributed by atoms with Crippen molar-refractivity contribution in [3.63, 3.8) is 0 Å². The molecule has 0 spiro atoms. The minimum absolute atomic E-state index is 0.0638. The van der Waals surface area contributed by atoms with Crippen molar-refractivity contribution in [2.75, 3.05) is 0 Å². The molecule has 5 nitrogen and oxygen atoms in total. The van der Waals surface area contributed by atoms with Crippen LogP contribution in [0.5, 0.6) is 0 Å². The predicted molar refractivity (Wildman–Crippen MR) is 85.9 cm³/mol. The first-order valence-electron chi connectivity index (χ1n) is 6.14. The molecular weight excluding hydrogens is 349 g/mol. The maximum absolute atomic E-state index is 12.2. The second-order valence-electron chi connectivity index (χ2n) is 4.69. The van der Waals surface area contributed by atoms with Gasteiger partial charge in [-0.15, -0.1) is 0 Å². The standard InChI is InChI=1S/C14H11Cl2NO4S/c15-12-4-1-10(2-5-12)8-22(20,21)9-11-3-6-13(17(18)19)7-14(11)16/h1-7H,8-9H2. The maximum atomic E-state index is 12.2. The van der Waals surface area contributed by atoms with E-state index in [9.17, 15) is 18.5 Å². The fourth-order valence-electron chi connectivity index (χ4n) is 1.89. The van der Waals surface area contributed by atoms with E-state index in [4.69, 9.17) is 23.2 Å². The van der Waals surface area contributed by atoms with Gasteiger partial charge < -0.3 is 0 Å². The third-order valence-corrected chi connectivity index (χ3v) is 5.05. The Bertz CT molecular complexity index is 804. The van der Waals surface area contributed by atoms with Gasteiger partial charge in [-0.1, -0.05) is 35.3 Å². The van der Waals surface area contributed by atoms with Crippen LogP contribution in [0.25, 0.3) is 0 Å². The summed E-state index contributed by atoms with van der Waals surface area (Å²) in [6.07, 6.45) is 0. The molecule has 0 amide bonds. The minimum Gasteiger partial charge on any atom is -0.258 e. The largest absolute Gasteiger partial charge is 0.270 e. The molecule has 2 rings (SSSR count). The molecule has 0 heterocycles. The van der Waals surface area contributed by atoms with E-state index < -0.39 is 14.8 Å². The Morgan fingerprint density at radius 2 is 1.64 bits per heavy atom. The average Bonchev–Trinajstić information content (AvgIpc) is 2.43. The number of non-ortho nitro benzene ring substituents is 1. The van der Waals surface area contributed by atoms with Crippen molar-refractivity contribution < 1.29 is 13.3 Å². The van der Waals surface area contributed by atoms with E-state index in [-0.39, 0.29) is 22.2 Å². The predicted octanol–water partition coefficient (Wildman–Crippen LogP) is 4.02. The Balaban J connectivity index is 2.18. The zero-order valence-electron chi connectivity index (χ0n) is 11.2. The van der Waals surface area contributed by atoms with Crippen LogP contribution in [-0.2, 0) is 21.3 Å². The lowest BCUT2D eigenvalue weighted by molar-refractivity contribution is -0.384. The number of nitrogens with zero attached hydrogens (tertiary/aromatic N) is 1. The van der Waals surface area contributed by atoms with Gasteiger partial charge in [0.25, 0.3) is 5.69 Å². The third kappa shape index (κ3) is 4.43. The van der Waals surface area contributed by atoms with Gasteiger partial charge in [-0.05, 0) is 29.3 Å². The summed E-state index contributed by atoms with van der Waals surface area (Å²) >= 11 is 11.7. The number of hydrogen-bond acceptors (Lipinski definition) is 4. The van der Waals surface area contributed by atoms with E-state index in [1.54, 1.807) is 24.3 Å². The smallest absolute Gasteiger partial charge is 0.258 e. The molecule has 0 N–H and O–H groups in total. The maximum Gasteiger partial charge on any atom is 0.270 e. The molecule has 0 radical (unpaired) electrons. The Kier molecular flexibility index (Phi) is 5.05. The van der Waals surface area contributed by atoms with Crippen LogP contribution in [-0.4, -0.2) is 13.3 Å². The molecule has 8 heteroatoms. The van der Waals surface area contributed by atoms with Crippen LogP contribution < -0.4 is 0 Å². The minimum atomic E-state index is -3.45. The molecule has 0 aromatic heterocycles. The normalized spacial score (nSPS) is 11.4.